The molecular weight excluding hydrogens is 422 g/mol. The minimum atomic E-state index is -1.27. The number of likely N-dealkylation sites (tertiary alicyclic amines) is 1. The van der Waals surface area contributed by atoms with Gasteiger partial charge in [-0.3, -0.25) is 14.4 Å². The molecule has 0 aliphatic carbocycles. The molecule has 0 radical (unpaired) electrons. The van der Waals surface area contributed by atoms with Gasteiger partial charge in [-0.05, 0) is 12.5 Å². The zero-order chi connectivity index (χ0) is 23.4. The zero-order valence-corrected chi connectivity index (χ0v) is 18.9. The first kappa shape index (κ1) is 21.9. The molecule has 0 saturated carbocycles. The quantitative estimate of drug-likeness (QED) is 0.677. The van der Waals surface area contributed by atoms with Crippen LogP contribution in [-0.2, 0) is 25.7 Å². The largest absolute Gasteiger partial charge is 0.395 e. The lowest BCUT2D eigenvalue weighted by atomic mass is 9.74. The van der Waals surface area contributed by atoms with Crippen LogP contribution in [0.5, 0.6) is 0 Å². The highest BCUT2D eigenvalue weighted by molar-refractivity contribution is 6.00. The normalized spacial score (nSPS) is 35.4. The topological polar surface area (TPSA) is 90.4 Å². The van der Waals surface area contributed by atoms with Gasteiger partial charge in [-0.25, -0.2) is 0 Å². The van der Waals surface area contributed by atoms with Gasteiger partial charge < -0.3 is 24.5 Å². The first-order chi connectivity index (χ1) is 15.8. The summed E-state index contributed by atoms with van der Waals surface area (Å²) in [7, 11) is 1.71. The Kier molecular flexibility index (Phi) is 5.17. The van der Waals surface area contributed by atoms with Crippen LogP contribution >= 0.6 is 0 Å². The summed E-state index contributed by atoms with van der Waals surface area (Å²) in [6, 6.07) is 8.73. The molecule has 1 spiro atoms. The van der Waals surface area contributed by atoms with E-state index in [-0.39, 0.29) is 30.9 Å². The number of fused-ring (bicyclic) bond motifs is 2. The summed E-state index contributed by atoms with van der Waals surface area (Å²) in [4.78, 5) is 45.8. The molecule has 4 aliphatic heterocycles. The first-order valence-corrected chi connectivity index (χ1v) is 11.4. The zero-order valence-electron chi connectivity index (χ0n) is 18.9. The maximum atomic E-state index is 13.9. The van der Waals surface area contributed by atoms with Crippen molar-refractivity contribution in [2.24, 2.45) is 11.8 Å². The fourth-order valence-electron chi connectivity index (χ4n) is 5.98. The Balaban J connectivity index is 1.60. The predicted molar refractivity (Wildman–Crippen MR) is 120 cm³/mol. The third-order valence-corrected chi connectivity index (χ3v) is 7.40. The summed E-state index contributed by atoms with van der Waals surface area (Å²) in [6.45, 7) is 2.75. The summed E-state index contributed by atoms with van der Waals surface area (Å²) in [5, 5.41) is 9.71. The summed E-state index contributed by atoms with van der Waals surface area (Å²) >= 11 is 0. The molecule has 1 unspecified atom stereocenters. The number of carbonyl (C=O) groups is 3. The van der Waals surface area contributed by atoms with Crippen LogP contribution in [0.1, 0.15) is 12.5 Å². The molecule has 33 heavy (non-hydrogen) atoms. The molecule has 4 heterocycles. The fourth-order valence-corrected chi connectivity index (χ4v) is 5.98. The first-order valence-electron chi connectivity index (χ1n) is 11.4. The minimum absolute atomic E-state index is 0.00711. The van der Waals surface area contributed by atoms with Gasteiger partial charge in [0.15, 0.2) is 0 Å². The number of aliphatic hydroxyl groups excluding tert-OH is 1. The van der Waals surface area contributed by atoms with Crippen molar-refractivity contribution in [3.8, 4) is 0 Å². The fraction of sp³-hybridized carbons (Fsp3) is 0.480. The van der Waals surface area contributed by atoms with E-state index in [0.717, 1.165) is 5.56 Å². The smallest absolute Gasteiger partial charge is 0.249 e. The van der Waals surface area contributed by atoms with Crippen LogP contribution in [-0.4, -0.2) is 88.1 Å². The van der Waals surface area contributed by atoms with Gasteiger partial charge in [-0.2, -0.15) is 0 Å². The average Bonchev–Trinajstić information content (AvgIpc) is 3.07. The Labute approximate surface area is 193 Å². The van der Waals surface area contributed by atoms with Crippen LogP contribution in [0.4, 0.5) is 0 Å². The van der Waals surface area contributed by atoms with Gasteiger partial charge in [0.1, 0.15) is 11.6 Å². The number of benzene rings is 1. The highest BCUT2D eigenvalue weighted by Crippen LogP contribution is 2.57. The Morgan fingerprint density at radius 3 is 2.45 bits per heavy atom. The molecule has 8 nitrogen and oxygen atoms in total. The number of amides is 3. The van der Waals surface area contributed by atoms with Crippen molar-refractivity contribution in [1.29, 1.82) is 0 Å². The van der Waals surface area contributed by atoms with Crippen LogP contribution < -0.4 is 0 Å². The molecule has 0 bridgehead atoms. The number of rotatable bonds is 4. The van der Waals surface area contributed by atoms with Crippen molar-refractivity contribution in [3.63, 3.8) is 0 Å². The van der Waals surface area contributed by atoms with Crippen LogP contribution in [0.3, 0.4) is 0 Å². The van der Waals surface area contributed by atoms with Gasteiger partial charge in [0.05, 0.1) is 24.0 Å². The third-order valence-electron chi connectivity index (χ3n) is 7.40. The van der Waals surface area contributed by atoms with E-state index in [1.165, 1.54) is 4.90 Å². The van der Waals surface area contributed by atoms with E-state index in [4.69, 9.17) is 4.74 Å². The van der Waals surface area contributed by atoms with E-state index in [1.807, 2.05) is 61.6 Å². The number of nitrogens with zero attached hydrogens (tertiary/aromatic N) is 3. The standard InChI is InChI=1S/C25H29N3O5/c1-24-10-6-12-26(2)21(30)18(24)19-22(31)28(14-15-29)20-23(32)27(13-7-11-25(19,20)33-24)16-17-8-4-3-5-9-17/h3-11,18-20,29H,12-16H2,1-2H3/t18-,19-,20?,24+,25-/m0/s1. The van der Waals surface area contributed by atoms with E-state index in [9.17, 15) is 19.5 Å². The summed E-state index contributed by atoms with van der Waals surface area (Å²) in [5.74, 6) is -2.32. The number of β-amino-alcohol motifs (C(OH)–C–C–N with tert-alkyl or cyclic N) is 1. The second-order valence-corrected chi connectivity index (χ2v) is 9.48. The molecule has 174 valence electrons. The highest BCUT2D eigenvalue weighted by atomic mass is 16.5. The van der Waals surface area contributed by atoms with Gasteiger partial charge in [-0.1, -0.05) is 54.6 Å². The predicted octanol–water partition coefficient (Wildman–Crippen LogP) is 0.576. The van der Waals surface area contributed by atoms with E-state index in [1.54, 1.807) is 16.8 Å². The maximum absolute atomic E-state index is 13.9. The van der Waals surface area contributed by atoms with E-state index < -0.39 is 29.1 Å². The third kappa shape index (κ3) is 3.15. The molecule has 1 aromatic carbocycles. The van der Waals surface area contributed by atoms with Crippen molar-refractivity contribution in [2.75, 3.05) is 33.3 Å². The monoisotopic (exact) mass is 451 g/mol. The molecule has 0 aromatic heterocycles. The number of ether oxygens (including phenoxy) is 1. The maximum Gasteiger partial charge on any atom is 0.249 e. The van der Waals surface area contributed by atoms with Crippen molar-refractivity contribution in [2.45, 2.75) is 30.7 Å². The Morgan fingerprint density at radius 2 is 1.73 bits per heavy atom. The molecule has 1 aromatic rings. The minimum Gasteiger partial charge on any atom is -0.395 e. The van der Waals surface area contributed by atoms with Crippen molar-refractivity contribution >= 4 is 17.7 Å². The molecular formula is C25H29N3O5. The lowest BCUT2D eigenvalue weighted by molar-refractivity contribution is -0.153. The second-order valence-electron chi connectivity index (χ2n) is 9.48. The van der Waals surface area contributed by atoms with Gasteiger partial charge in [0, 0.05) is 33.2 Å². The summed E-state index contributed by atoms with van der Waals surface area (Å²) in [6.07, 6.45) is 7.43. The van der Waals surface area contributed by atoms with Crippen LogP contribution in [0, 0.1) is 11.8 Å². The molecule has 5 rings (SSSR count). The number of carbonyl (C=O) groups excluding carboxylic acids is 3. The van der Waals surface area contributed by atoms with Crippen LogP contribution in [0.2, 0.25) is 0 Å². The molecule has 8 heteroatoms. The molecule has 2 saturated heterocycles. The van der Waals surface area contributed by atoms with E-state index >= 15 is 0 Å². The lowest BCUT2D eigenvalue weighted by Gasteiger charge is -2.37. The van der Waals surface area contributed by atoms with Gasteiger partial charge in [0.25, 0.3) is 0 Å². The number of hydrogen-bond acceptors (Lipinski definition) is 5. The average molecular weight is 452 g/mol. The van der Waals surface area contributed by atoms with Crippen LogP contribution in [0.15, 0.2) is 54.6 Å². The Bertz CT molecular complexity index is 1040. The van der Waals surface area contributed by atoms with Crippen molar-refractivity contribution in [3.05, 3.63) is 60.2 Å². The molecule has 2 fully saturated rings. The second kappa shape index (κ2) is 7.81. The van der Waals surface area contributed by atoms with Gasteiger partial charge >= 0.3 is 0 Å². The SMILES string of the molecule is CN1CC=C[C@@]2(C)O[C@]34C=CCN(Cc5ccccc5)C(=O)C3N(CCO)C(=O)[C@@H]4[C@H]2C1=O. The highest BCUT2D eigenvalue weighted by Gasteiger charge is 2.74. The molecule has 3 amide bonds. The Morgan fingerprint density at radius 1 is 1.00 bits per heavy atom. The summed E-state index contributed by atoms with van der Waals surface area (Å²) < 4.78 is 6.65. The molecule has 1 N–H and O–H groups in total. The Hall–Kier alpha value is -2.97. The summed E-state index contributed by atoms with van der Waals surface area (Å²) in [5.41, 5.74) is -1.30. The van der Waals surface area contributed by atoms with Crippen molar-refractivity contribution in [1.82, 2.24) is 14.7 Å². The number of hydrogen-bond donors (Lipinski definition) is 1. The van der Waals surface area contributed by atoms with Gasteiger partial charge in [-0.15, -0.1) is 0 Å². The number of likely N-dealkylation sites (N-methyl/N-ethyl adjacent to an activating group) is 1. The van der Waals surface area contributed by atoms with E-state index in [2.05, 4.69) is 0 Å². The van der Waals surface area contributed by atoms with E-state index in [0.29, 0.717) is 19.6 Å². The number of aliphatic hydroxyl groups is 1. The lowest BCUT2D eigenvalue weighted by Crippen LogP contribution is -2.56. The van der Waals surface area contributed by atoms with Crippen molar-refractivity contribution < 1.29 is 24.2 Å². The molecule has 4 aliphatic rings. The van der Waals surface area contributed by atoms with Crippen LogP contribution in [0.25, 0.3) is 0 Å². The van der Waals surface area contributed by atoms with Gasteiger partial charge in [0.2, 0.25) is 17.7 Å². The molecule has 5 atom stereocenters.